The van der Waals surface area contributed by atoms with Crippen LogP contribution < -0.4 is 5.73 Å². The molecule has 0 heterocycles. The van der Waals surface area contributed by atoms with Gasteiger partial charge in [0.25, 0.3) is 0 Å². The Morgan fingerprint density at radius 2 is 1.55 bits per heavy atom. The molecule has 0 aliphatic carbocycles. The van der Waals surface area contributed by atoms with Crippen LogP contribution in [0.1, 0.15) is 17.7 Å². The molecule has 0 bridgehead atoms. The minimum atomic E-state index is -4.18. The van der Waals surface area contributed by atoms with Crippen molar-refractivity contribution in [3.63, 3.8) is 0 Å². The van der Waals surface area contributed by atoms with Gasteiger partial charge in [0.2, 0.25) is 0 Å². The minimum Gasteiger partial charge on any atom is -0.399 e. The lowest BCUT2D eigenvalue weighted by atomic mass is 10.2. The van der Waals surface area contributed by atoms with E-state index in [0.29, 0.717) is 5.56 Å². The molecule has 20 heavy (non-hydrogen) atoms. The van der Waals surface area contributed by atoms with Gasteiger partial charge in [-0.1, -0.05) is 30.3 Å². The van der Waals surface area contributed by atoms with Gasteiger partial charge in [-0.15, -0.1) is 0 Å². The highest BCUT2D eigenvalue weighted by Gasteiger charge is 2.31. The monoisotopic (exact) mass is 297 g/mol. The van der Waals surface area contributed by atoms with Gasteiger partial charge >= 0.3 is 0 Å². The molecule has 1 atom stereocenters. The Balaban J connectivity index is 2.57. The van der Waals surface area contributed by atoms with Crippen molar-refractivity contribution in [3.05, 3.63) is 59.7 Å². The number of halogens is 2. The molecule has 0 saturated heterocycles. The van der Waals surface area contributed by atoms with E-state index in [9.17, 15) is 17.2 Å². The maximum absolute atomic E-state index is 13.8. The van der Waals surface area contributed by atoms with E-state index in [1.807, 2.05) is 0 Å². The van der Waals surface area contributed by atoms with Crippen LogP contribution in [0.2, 0.25) is 0 Å². The summed E-state index contributed by atoms with van der Waals surface area (Å²) in [5.41, 5.74) is 5.58. The van der Waals surface area contributed by atoms with E-state index in [0.717, 1.165) is 12.1 Å². The first-order chi connectivity index (χ1) is 9.34. The van der Waals surface area contributed by atoms with Gasteiger partial charge < -0.3 is 5.73 Å². The van der Waals surface area contributed by atoms with Crippen LogP contribution >= 0.6 is 0 Å². The number of nitrogens with two attached hydrogens (primary N) is 1. The zero-order valence-corrected chi connectivity index (χ0v) is 11.5. The number of hydrogen-bond donors (Lipinski definition) is 1. The molecule has 0 spiro atoms. The van der Waals surface area contributed by atoms with E-state index in [1.165, 1.54) is 6.92 Å². The smallest absolute Gasteiger partial charge is 0.190 e. The van der Waals surface area contributed by atoms with Crippen LogP contribution in [0, 0.1) is 11.6 Å². The number of hydrogen-bond acceptors (Lipinski definition) is 3. The minimum absolute atomic E-state index is 0.161. The molecule has 1 unspecified atom stereocenters. The summed E-state index contributed by atoms with van der Waals surface area (Å²) in [5, 5.41) is -1.06. The molecule has 3 nitrogen and oxygen atoms in total. The Morgan fingerprint density at radius 1 is 1.05 bits per heavy atom. The van der Waals surface area contributed by atoms with E-state index in [2.05, 4.69) is 0 Å². The number of anilines is 1. The Labute approximate surface area is 116 Å². The molecular weight excluding hydrogens is 284 g/mol. The van der Waals surface area contributed by atoms with Crippen LogP contribution in [-0.4, -0.2) is 8.42 Å². The molecule has 0 amide bonds. The average Bonchev–Trinajstić information content (AvgIpc) is 2.37. The Bertz CT molecular complexity index is 707. The summed E-state index contributed by atoms with van der Waals surface area (Å²) in [6.45, 7) is 1.39. The predicted octanol–water partition coefficient (Wildman–Crippen LogP) is 3.08. The van der Waals surface area contributed by atoms with Crippen molar-refractivity contribution in [3.8, 4) is 0 Å². The summed E-state index contributed by atoms with van der Waals surface area (Å²) in [4.78, 5) is -0.942. The van der Waals surface area contributed by atoms with Crippen molar-refractivity contribution in [2.45, 2.75) is 17.1 Å². The molecule has 2 aromatic carbocycles. The molecule has 6 heteroatoms. The average molecular weight is 297 g/mol. The third-order valence-electron chi connectivity index (χ3n) is 3.04. The first kappa shape index (κ1) is 14.5. The van der Waals surface area contributed by atoms with Gasteiger partial charge in [-0.3, -0.25) is 0 Å². The normalized spacial score (nSPS) is 13.2. The summed E-state index contributed by atoms with van der Waals surface area (Å²) in [5.74, 6) is -2.35. The Morgan fingerprint density at radius 3 is 2.05 bits per heavy atom. The molecular formula is C14H13F2NO2S. The van der Waals surface area contributed by atoms with Crippen LogP contribution in [0.4, 0.5) is 14.5 Å². The third kappa shape index (κ3) is 2.51. The van der Waals surface area contributed by atoms with Gasteiger partial charge in [0.15, 0.2) is 9.84 Å². The van der Waals surface area contributed by atoms with E-state index < -0.39 is 31.6 Å². The molecule has 0 aliphatic rings. The van der Waals surface area contributed by atoms with Gasteiger partial charge in [-0.05, 0) is 24.6 Å². The highest BCUT2D eigenvalue weighted by molar-refractivity contribution is 7.91. The quantitative estimate of drug-likeness (QED) is 0.886. The molecule has 0 aromatic heterocycles. The van der Waals surface area contributed by atoms with E-state index in [-0.39, 0.29) is 5.69 Å². The van der Waals surface area contributed by atoms with Crippen molar-refractivity contribution in [1.29, 1.82) is 0 Å². The molecule has 106 valence electrons. The molecule has 0 radical (unpaired) electrons. The summed E-state index contributed by atoms with van der Waals surface area (Å²) >= 11 is 0. The number of rotatable bonds is 3. The lowest BCUT2D eigenvalue weighted by Gasteiger charge is -2.15. The van der Waals surface area contributed by atoms with Crippen LogP contribution in [0.25, 0.3) is 0 Å². The van der Waals surface area contributed by atoms with Crippen LogP contribution in [-0.2, 0) is 9.84 Å². The fourth-order valence-electron chi connectivity index (χ4n) is 1.93. The molecule has 2 rings (SSSR count). The largest absolute Gasteiger partial charge is 0.399 e. The van der Waals surface area contributed by atoms with Gasteiger partial charge in [0.1, 0.15) is 16.5 Å². The first-order valence-electron chi connectivity index (χ1n) is 5.87. The van der Waals surface area contributed by atoms with Crippen molar-refractivity contribution >= 4 is 15.5 Å². The zero-order valence-electron chi connectivity index (χ0n) is 10.7. The highest BCUT2D eigenvalue weighted by Crippen LogP contribution is 2.32. The maximum atomic E-state index is 13.8. The lowest BCUT2D eigenvalue weighted by molar-refractivity contribution is 0.516. The van der Waals surface area contributed by atoms with E-state index >= 15 is 0 Å². The van der Waals surface area contributed by atoms with Crippen molar-refractivity contribution in [2.24, 2.45) is 0 Å². The molecule has 0 aliphatic heterocycles. The van der Waals surface area contributed by atoms with Gasteiger partial charge in [-0.2, -0.15) is 0 Å². The second-order valence-corrected chi connectivity index (χ2v) is 6.62. The van der Waals surface area contributed by atoms with Crippen molar-refractivity contribution < 1.29 is 17.2 Å². The predicted molar refractivity (Wildman–Crippen MR) is 72.8 cm³/mol. The van der Waals surface area contributed by atoms with Crippen molar-refractivity contribution in [1.82, 2.24) is 0 Å². The summed E-state index contributed by atoms with van der Waals surface area (Å²) in [7, 11) is -4.18. The summed E-state index contributed by atoms with van der Waals surface area (Å²) < 4.78 is 52.3. The molecule has 2 aromatic rings. The van der Waals surface area contributed by atoms with Gasteiger partial charge in [-0.25, -0.2) is 17.2 Å². The second kappa shape index (κ2) is 5.20. The van der Waals surface area contributed by atoms with E-state index in [4.69, 9.17) is 5.73 Å². The van der Waals surface area contributed by atoms with Crippen molar-refractivity contribution in [2.75, 3.05) is 5.73 Å². The van der Waals surface area contributed by atoms with Crippen LogP contribution in [0.5, 0.6) is 0 Å². The molecule has 2 N–H and O–H groups in total. The van der Waals surface area contributed by atoms with E-state index in [1.54, 1.807) is 30.3 Å². The Kier molecular flexibility index (Phi) is 3.76. The zero-order chi connectivity index (χ0) is 14.9. The molecule has 0 fully saturated rings. The van der Waals surface area contributed by atoms with Gasteiger partial charge in [0, 0.05) is 5.69 Å². The van der Waals surface area contributed by atoms with Gasteiger partial charge in [0.05, 0.1) is 5.25 Å². The Hall–Kier alpha value is -1.95. The summed E-state index contributed by atoms with van der Waals surface area (Å²) in [6, 6.07) is 9.84. The van der Waals surface area contributed by atoms with Crippen LogP contribution in [0.3, 0.4) is 0 Å². The number of sulfone groups is 1. The third-order valence-corrected chi connectivity index (χ3v) is 5.20. The van der Waals surface area contributed by atoms with Crippen LogP contribution in [0.15, 0.2) is 47.4 Å². The fourth-order valence-corrected chi connectivity index (χ4v) is 3.46. The number of nitrogen functional groups attached to an aromatic ring is 1. The fraction of sp³-hybridized carbons (Fsp3) is 0.143. The highest BCUT2D eigenvalue weighted by atomic mass is 32.2. The second-order valence-electron chi connectivity index (χ2n) is 4.41. The topological polar surface area (TPSA) is 60.2 Å². The number of benzene rings is 2. The summed E-state index contributed by atoms with van der Waals surface area (Å²) in [6.07, 6.45) is 0. The standard InChI is InChI=1S/C14H13F2NO2S/c1-9(10-5-3-2-4-6-10)20(18,19)14-12(15)7-11(17)8-13(14)16/h2-9H,17H2,1H3. The SMILES string of the molecule is CC(c1ccccc1)S(=O)(=O)c1c(F)cc(N)cc1F. The lowest BCUT2D eigenvalue weighted by Crippen LogP contribution is -2.14. The molecule has 0 saturated carbocycles. The maximum Gasteiger partial charge on any atom is 0.190 e. The first-order valence-corrected chi connectivity index (χ1v) is 7.42.